The summed E-state index contributed by atoms with van der Waals surface area (Å²) in [6, 6.07) is 16.1. The number of nitrogens with one attached hydrogen (secondary N) is 2. The van der Waals surface area contributed by atoms with Gasteiger partial charge >= 0.3 is 0 Å². The van der Waals surface area contributed by atoms with E-state index in [1.165, 1.54) is 18.2 Å². The second-order valence-electron chi connectivity index (χ2n) is 5.74. The molecule has 0 atom stereocenters. The third-order valence-electron chi connectivity index (χ3n) is 3.69. The van der Waals surface area contributed by atoms with Crippen molar-refractivity contribution in [2.45, 2.75) is 6.54 Å². The van der Waals surface area contributed by atoms with E-state index in [0.29, 0.717) is 22.9 Å². The Kier molecular flexibility index (Phi) is 6.11. The van der Waals surface area contributed by atoms with Crippen LogP contribution in [-0.4, -0.2) is 28.1 Å². The Morgan fingerprint density at radius 1 is 1.00 bits per heavy atom. The molecule has 2 amide bonds. The van der Waals surface area contributed by atoms with Crippen molar-refractivity contribution in [3.8, 4) is 0 Å². The number of anilines is 1. The number of nitrogens with zero attached hydrogens (tertiary/aromatic N) is 2. The lowest BCUT2D eigenvalue weighted by atomic mass is 10.2. The second kappa shape index (κ2) is 8.70. The molecule has 0 saturated heterocycles. The molecule has 3 rings (SSSR count). The maximum Gasteiger partial charge on any atom is 0.251 e. The van der Waals surface area contributed by atoms with Crippen LogP contribution < -0.4 is 10.6 Å². The van der Waals surface area contributed by atoms with E-state index in [1.807, 2.05) is 30.3 Å². The number of carbonyl (C=O) groups is 2. The molecule has 3 aromatic rings. The summed E-state index contributed by atoms with van der Waals surface area (Å²) < 4.78 is 1.72. The van der Waals surface area contributed by atoms with E-state index >= 15 is 0 Å². The predicted molar refractivity (Wildman–Crippen MR) is 105 cm³/mol. The van der Waals surface area contributed by atoms with Gasteiger partial charge in [-0.05, 0) is 23.8 Å². The Morgan fingerprint density at radius 2 is 1.78 bits per heavy atom. The topological polar surface area (TPSA) is 76.0 Å². The normalized spacial score (nSPS) is 10.4. The monoisotopic (exact) mass is 402 g/mol. The molecular weight excluding hydrogens is 387 g/mol. The van der Waals surface area contributed by atoms with Gasteiger partial charge in [0.25, 0.3) is 5.91 Å². The van der Waals surface area contributed by atoms with Crippen molar-refractivity contribution in [2.75, 3.05) is 11.9 Å². The number of hydrogen-bond acceptors (Lipinski definition) is 3. The van der Waals surface area contributed by atoms with E-state index in [9.17, 15) is 9.59 Å². The first kappa shape index (κ1) is 18.9. The van der Waals surface area contributed by atoms with Gasteiger partial charge in [-0.1, -0.05) is 53.5 Å². The quantitative estimate of drug-likeness (QED) is 0.660. The number of benzene rings is 2. The van der Waals surface area contributed by atoms with E-state index in [-0.39, 0.29) is 17.5 Å². The van der Waals surface area contributed by atoms with E-state index in [4.69, 9.17) is 23.2 Å². The van der Waals surface area contributed by atoms with Crippen molar-refractivity contribution < 1.29 is 9.59 Å². The molecule has 1 aromatic heterocycles. The molecule has 0 radical (unpaired) electrons. The fourth-order valence-corrected chi connectivity index (χ4v) is 2.67. The van der Waals surface area contributed by atoms with Crippen LogP contribution >= 0.6 is 23.2 Å². The van der Waals surface area contributed by atoms with Crippen molar-refractivity contribution >= 4 is 40.8 Å². The molecule has 138 valence electrons. The van der Waals surface area contributed by atoms with Crippen molar-refractivity contribution in [1.29, 1.82) is 0 Å². The van der Waals surface area contributed by atoms with Crippen LogP contribution in [-0.2, 0) is 11.3 Å². The lowest BCUT2D eigenvalue weighted by Crippen LogP contribution is -2.33. The number of halogens is 2. The maximum atomic E-state index is 12.1. The third kappa shape index (κ3) is 5.32. The van der Waals surface area contributed by atoms with Gasteiger partial charge in [-0.15, -0.1) is 0 Å². The number of carbonyl (C=O) groups excluding carboxylic acids is 2. The predicted octanol–water partition coefficient (Wildman–Crippen LogP) is 3.61. The molecule has 2 N–H and O–H groups in total. The molecule has 0 aliphatic heterocycles. The molecule has 8 heteroatoms. The molecule has 0 bridgehead atoms. The first-order valence-corrected chi connectivity index (χ1v) is 8.87. The SMILES string of the molecule is O=C(CNC(=O)c1ccc(Cl)c(Cl)c1)Nc1ccn(Cc2ccccc2)n1. The number of amides is 2. The van der Waals surface area contributed by atoms with Crippen LogP contribution in [0.15, 0.2) is 60.8 Å². The third-order valence-corrected chi connectivity index (χ3v) is 4.43. The van der Waals surface area contributed by atoms with Crippen LogP contribution in [0.3, 0.4) is 0 Å². The molecular formula is C19H16Cl2N4O2. The second-order valence-corrected chi connectivity index (χ2v) is 6.56. The fourth-order valence-electron chi connectivity index (χ4n) is 2.37. The summed E-state index contributed by atoms with van der Waals surface area (Å²) in [7, 11) is 0. The van der Waals surface area contributed by atoms with Crippen LogP contribution in [0.2, 0.25) is 10.0 Å². The Hall–Kier alpha value is -2.83. The van der Waals surface area contributed by atoms with Crippen molar-refractivity contribution in [3.05, 3.63) is 82.0 Å². The van der Waals surface area contributed by atoms with E-state index in [2.05, 4.69) is 15.7 Å². The zero-order chi connectivity index (χ0) is 19.2. The fraction of sp³-hybridized carbons (Fsp3) is 0.105. The van der Waals surface area contributed by atoms with Gasteiger partial charge in [-0.2, -0.15) is 5.10 Å². The molecule has 0 unspecified atom stereocenters. The average Bonchev–Trinajstić information content (AvgIpc) is 3.09. The number of aromatic nitrogens is 2. The highest BCUT2D eigenvalue weighted by molar-refractivity contribution is 6.42. The number of hydrogen-bond donors (Lipinski definition) is 2. The van der Waals surface area contributed by atoms with Crippen LogP contribution in [0, 0.1) is 0 Å². The highest BCUT2D eigenvalue weighted by atomic mass is 35.5. The zero-order valence-electron chi connectivity index (χ0n) is 14.2. The summed E-state index contributed by atoms with van der Waals surface area (Å²) in [5.74, 6) is -0.383. The van der Waals surface area contributed by atoms with Gasteiger partial charge in [-0.3, -0.25) is 14.3 Å². The van der Waals surface area contributed by atoms with Gasteiger partial charge in [-0.25, -0.2) is 0 Å². The summed E-state index contributed by atoms with van der Waals surface area (Å²) in [6.07, 6.45) is 1.77. The first-order valence-electron chi connectivity index (χ1n) is 8.12. The molecule has 0 aliphatic carbocycles. The van der Waals surface area contributed by atoms with Crippen LogP contribution in [0.25, 0.3) is 0 Å². The van der Waals surface area contributed by atoms with E-state index in [0.717, 1.165) is 5.56 Å². The van der Waals surface area contributed by atoms with Crippen molar-refractivity contribution in [3.63, 3.8) is 0 Å². The lowest BCUT2D eigenvalue weighted by molar-refractivity contribution is -0.115. The molecule has 0 spiro atoms. The van der Waals surface area contributed by atoms with Gasteiger partial charge in [0.05, 0.1) is 23.1 Å². The minimum atomic E-state index is -0.418. The zero-order valence-corrected chi connectivity index (χ0v) is 15.7. The summed E-state index contributed by atoms with van der Waals surface area (Å²) in [5, 5.41) is 10.1. The highest BCUT2D eigenvalue weighted by Crippen LogP contribution is 2.22. The molecule has 0 fully saturated rings. The standard InChI is InChI=1S/C19H16Cl2N4O2/c20-15-7-6-14(10-16(15)21)19(27)22-11-18(26)23-17-8-9-25(24-17)12-13-4-2-1-3-5-13/h1-10H,11-12H2,(H,22,27)(H,23,24,26). The molecule has 1 heterocycles. The van der Waals surface area contributed by atoms with Gasteiger partial charge in [0.1, 0.15) is 0 Å². The first-order chi connectivity index (χ1) is 13.0. The van der Waals surface area contributed by atoms with Crippen molar-refractivity contribution in [1.82, 2.24) is 15.1 Å². The van der Waals surface area contributed by atoms with Crippen LogP contribution in [0.1, 0.15) is 15.9 Å². The Bertz CT molecular complexity index is 957. The van der Waals surface area contributed by atoms with Gasteiger partial charge in [0, 0.05) is 17.8 Å². The minimum Gasteiger partial charge on any atom is -0.343 e. The highest BCUT2D eigenvalue weighted by Gasteiger charge is 2.11. The lowest BCUT2D eigenvalue weighted by Gasteiger charge is -2.06. The van der Waals surface area contributed by atoms with Gasteiger partial charge in [0.2, 0.25) is 5.91 Å². The Balaban J connectivity index is 1.50. The summed E-state index contributed by atoms with van der Waals surface area (Å²) in [4.78, 5) is 24.1. The van der Waals surface area contributed by atoms with E-state index < -0.39 is 5.91 Å². The molecule has 27 heavy (non-hydrogen) atoms. The van der Waals surface area contributed by atoms with E-state index in [1.54, 1.807) is 16.9 Å². The molecule has 2 aromatic carbocycles. The summed E-state index contributed by atoms with van der Waals surface area (Å²) >= 11 is 11.7. The maximum absolute atomic E-state index is 12.1. The molecule has 0 saturated carbocycles. The van der Waals surface area contributed by atoms with Gasteiger partial charge < -0.3 is 10.6 Å². The Morgan fingerprint density at radius 3 is 2.52 bits per heavy atom. The van der Waals surface area contributed by atoms with Crippen LogP contribution in [0.4, 0.5) is 5.82 Å². The molecule has 0 aliphatic rings. The Labute approximate surface area is 166 Å². The van der Waals surface area contributed by atoms with Crippen molar-refractivity contribution in [2.24, 2.45) is 0 Å². The van der Waals surface area contributed by atoms with Gasteiger partial charge in [0.15, 0.2) is 5.82 Å². The van der Waals surface area contributed by atoms with Crippen LogP contribution in [0.5, 0.6) is 0 Å². The average molecular weight is 403 g/mol. The summed E-state index contributed by atoms with van der Waals surface area (Å²) in [5.41, 5.74) is 1.43. The minimum absolute atomic E-state index is 0.190. The number of rotatable bonds is 6. The summed E-state index contributed by atoms with van der Waals surface area (Å²) in [6.45, 7) is 0.412. The smallest absolute Gasteiger partial charge is 0.251 e. The largest absolute Gasteiger partial charge is 0.343 e. The molecule has 6 nitrogen and oxygen atoms in total.